The minimum Gasteiger partial charge on any atom is -0.396 e. The smallest absolute Gasteiger partial charge is 0.163 e. The van der Waals surface area contributed by atoms with Gasteiger partial charge in [0.1, 0.15) is 23.9 Å². The molecule has 0 aromatic carbocycles. The van der Waals surface area contributed by atoms with Crippen molar-refractivity contribution in [1.29, 1.82) is 0 Å². The summed E-state index contributed by atoms with van der Waals surface area (Å²) in [6.45, 7) is 6.31. The second-order valence-corrected chi connectivity index (χ2v) is 7.80. The summed E-state index contributed by atoms with van der Waals surface area (Å²) in [5.74, 6) is 0.701. The zero-order valence-electron chi connectivity index (χ0n) is 14.9. The Bertz CT molecular complexity index is 769. The Kier molecular flexibility index (Phi) is 3.97. The van der Waals surface area contributed by atoms with E-state index in [1.54, 1.807) is 0 Å². The average Bonchev–Trinajstić information content (AvgIpc) is 3.08. The van der Waals surface area contributed by atoms with E-state index in [1.807, 2.05) is 26.1 Å². The van der Waals surface area contributed by atoms with Gasteiger partial charge in [-0.05, 0) is 51.5 Å². The van der Waals surface area contributed by atoms with Gasteiger partial charge in [0.25, 0.3) is 0 Å². The molecule has 1 saturated carbocycles. The second-order valence-electron chi connectivity index (χ2n) is 7.80. The lowest BCUT2D eigenvalue weighted by atomic mass is 9.70. The first kappa shape index (κ1) is 16.8. The predicted octanol–water partition coefficient (Wildman–Crippen LogP) is 2.11. The Balaban J connectivity index is 1.62. The normalized spacial score (nSPS) is 32.6. The van der Waals surface area contributed by atoms with E-state index in [9.17, 15) is 5.11 Å². The molecule has 2 aromatic rings. The van der Waals surface area contributed by atoms with Gasteiger partial charge in [-0.25, -0.2) is 9.97 Å². The number of nitrogen functional groups attached to an aromatic ring is 1. The third kappa shape index (κ3) is 2.80. The van der Waals surface area contributed by atoms with E-state index < -0.39 is 5.79 Å². The number of aliphatic hydroxyl groups excluding tert-OH is 1. The highest BCUT2D eigenvalue weighted by atomic mass is 16.8. The number of nitrogens with zero attached hydrogens (tertiary/aromatic N) is 3. The molecule has 2 aromatic heterocycles. The van der Waals surface area contributed by atoms with Crippen LogP contribution < -0.4 is 5.73 Å². The fourth-order valence-corrected chi connectivity index (χ4v) is 4.24. The second kappa shape index (κ2) is 5.93. The van der Waals surface area contributed by atoms with Crippen molar-refractivity contribution < 1.29 is 14.6 Å². The third-order valence-electron chi connectivity index (χ3n) is 5.61. The molecule has 0 spiro atoms. The van der Waals surface area contributed by atoms with Crippen LogP contribution in [0.4, 0.5) is 5.82 Å². The van der Waals surface area contributed by atoms with Crippen LogP contribution in [0.25, 0.3) is 11.0 Å². The molecule has 3 heterocycles. The Morgan fingerprint density at radius 2 is 2.12 bits per heavy atom. The number of aromatic nitrogens is 3. The Morgan fingerprint density at radius 3 is 2.84 bits per heavy atom. The molecule has 7 nitrogen and oxygen atoms in total. The summed E-state index contributed by atoms with van der Waals surface area (Å²) in [6.07, 6.45) is 5.41. The van der Waals surface area contributed by atoms with E-state index in [2.05, 4.69) is 21.5 Å². The van der Waals surface area contributed by atoms with E-state index >= 15 is 0 Å². The van der Waals surface area contributed by atoms with Gasteiger partial charge in [-0.3, -0.25) is 0 Å². The van der Waals surface area contributed by atoms with Gasteiger partial charge in [0.05, 0.1) is 17.5 Å². The molecule has 136 valence electrons. The average molecular weight is 346 g/mol. The van der Waals surface area contributed by atoms with Gasteiger partial charge in [-0.2, -0.15) is 0 Å². The van der Waals surface area contributed by atoms with Crippen molar-refractivity contribution in [3.8, 4) is 0 Å². The summed E-state index contributed by atoms with van der Waals surface area (Å²) in [7, 11) is 0. The lowest BCUT2D eigenvalue weighted by Crippen LogP contribution is -2.43. The van der Waals surface area contributed by atoms with Gasteiger partial charge >= 0.3 is 0 Å². The third-order valence-corrected chi connectivity index (χ3v) is 5.61. The number of ether oxygens (including phenoxy) is 2. The van der Waals surface area contributed by atoms with Crippen LogP contribution in [0.1, 0.15) is 39.7 Å². The zero-order valence-corrected chi connectivity index (χ0v) is 14.9. The fraction of sp³-hybridized carbons (Fsp3) is 0.667. The lowest BCUT2D eigenvalue weighted by Gasteiger charge is -2.40. The first-order valence-electron chi connectivity index (χ1n) is 8.93. The van der Waals surface area contributed by atoms with Gasteiger partial charge < -0.3 is 24.9 Å². The van der Waals surface area contributed by atoms with Gasteiger partial charge in [0, 0.05) is 12.8 Å². The number of nitrogens with two attached hydrogens (primary N) is 1. The summed E-state index contributed by atoms with van der Waals surface area (Å²) in [5, 5.41) is 10.2. The number of hydrogen-bond donors (Lipinski definition) is 2. The first-order chi connectivity index (χ1) is 11.9. The van der Waals surface area contributed by atoms with E-state index in [0.717, 1.165) is 23.9 Å². The highest BCUT2D eigenvalue weighted by Crippen LogP contribution is 2.46. The molecule has 0 radical (unpaired) electrons. The van der Waals surface area contributed by atoms with Crippen molar-refractivity contribution >= 4 is 16.9 Å². The molecule has 7 heteroatoms. The van der Waals surface area contributed by atoms with Gasteiger partial charge in [-0.1, -0.05) is 0 Å². The minimum absolute atomic E-state index is 0.0180. The SMILES string of the molecule is C[C@H]([C@@H]1OC(C)(C)O[C@@H]1C1CC(CO)C1)n1ccc2c(N)ncnc21. The molecule has 3 atom stereocenters. The quantitative estimate of drug-likeness (QED) is 0.880. The molecule has 1 saturated heterocycles. The van der Waals surface area contributed by atoms with Crippen molar-refractivity contribution in [2.75, 3.05) is 12.3 Å². The van der Waals surface area contributed by atoms with Gasteiger partial charge in [-0.15, -0.1) is 0 Å². The predicted molar refractivity (Wildman–Crippen MR) is 93.8 cm³/mol. The molecule has 1 aliphatic heterocycles. The van der Waals surface area contributed by atoms with Crippen molar-refractivity contribution in [2.24, 2.45) is 11.8 Å². The molecule has 1 aliphatic carbocycles. The summed E-state index contributed by atoms with van der Waals surface area (Å²) < 4.78 is 14.6. The molecule has 0 amide bonds. The number of aliphatic hydroxyl groups is 1. The summed E-state index contributed by atoms with van der Waals surface area (Å²) in [4.78, 5) is 8.46. The van der Waals surface area contributed by atoms with Crippen molar-refractivity contribution in [1.82, 2.24) is 14.5 Å². The monoisotopic (exact) mass is 346 g/mol. The molecule has 2 fully saturated rings. The highest BCUT2D eigenvalue weighted by molar-refractivity contribution is 5.86. The van der Waals surface area contributed by atoms with Crippen LogP contribution >= 0.6 is 0 Å². The van der Waals surface area contributed by atoms with E-state index in [4.69, 9.17) is 15.2 Å². The van der Waals surface area contributed by atoms with E-state index in [0.29, 0.717) is 17.7 Å². The topological polar surface area (TPSA) is 95.4 Å². The summed E-state index contributed by atoms with van der Waals surface area (Å²) in [6, 6.07) is 1.99. The standard InChI is InChI=1S/C18H26N4O3/c1-10(22-5-4-13-16(19)20-9-21-17(13)22)14-15(25-18(2,3)24-14)12-6-11(7-12)8-23/h4-5,9-12,14-15,23H,6-8H2,1-3H3,(H2,19,20,21)/t10-,11?,12?,14+,15-/m1/s1. The number of hydrogen-bond acceptors (Lipinski definition) is 6. The number of anilines is 1. The van der Waals surface area contributed by atoms with E-state index in [-0.39, 0.29) is 24.9 Å². The van der Waals surface area contributed by atoms with Crippen LogP contribution in [0, 0.1) is 11.8 Å². The van der Waals surface area contributed by atoms with Crippen molar-refractivity contribution in [3.05, 3.63) is 18.6 Å². The van der Waals surface area contributed by atoms with Crippen LogP contribution in [0.5, 0.6) is 0 Å². The fourth-order valence-electron chi connectivity index (χ4n) is 4.24. The Labute approximate surface area is 147 Å². The number of fused-ring (bicyclic) bond motifs is 1. The molecule has 3 N–H and O–H groups in total. The molecular formula is C18H26N4O3. The molecule has 2 aliphatic rings. The lowest BCUT2D eigenvalue weighted by molar-refractivity contribution is -0.157. The zero-order chi connectivity index (χ0) is 17.8. The van der Waals surface area contributed by atoms with Crippen LogP contribution in [-0.4, -0.2) is 44.2 Å². The van der Waals surface area contributed by atoms with Crippen molar-refractivity contribution in [2.45, 2.75) is 57.6 Å². The molecule has 25 heavy (non-hydrogen) atoms. The van der Waals surface area contributed by atoms with Crippen LogP contribution in [0.3, 0.4) is 0 Å². The van der Waals surface area contributed by atoms with Crippen LogP contribution in [0.15, 0.2) is 18.6 Å². The maximum atomic E-state index is 9.32. The molecule has 0 unspecified atom stereocenters. The van der Waals surface area contributed by atoms with Crippen molar-refractivity contribution in [3.63, 3.8) is 0 Å². The molecule has 0 bridgehead atoms. The number of rotatable bonds is 4. The van der Waals surface area contributed by atoms with Crippen LogP contribution in [0.2, 0.25) is 0 Å². The van der Waals surface area contributed by atoms with Crippen LogP contribution in [-0.2, 0) is 9.47 Å². The van der Waals surface area contributed by atoms with E-state index in [1.165, 1.54) is 6.33 Å². The Hall–Kier alpha value is -1.70. The minimum atomic E-state index is -0.606. The molecule has 4 rings (SSSR count). The van der Waals surface area contributed by atoms with Gasteiger partial charge in [0.15, 0.2) is 5.79 Å². The van der Waals surface area contributed by atoms with Gasteiger partial charge in [0.2, 0.25) is 0 Å². The highest BCUT2D eigenvalue weighted by Gasteiger charge is 2.50. The Morgan fingerprint density at radius 1 is 1.36 bits per heavy atom. The first-order valence-corrected chi connectivity index (χ1v) is 8.93. The summed E-state index contributed by atoms with van der Waals surface area (Å²) >= 11 is 0. The largest absolute Gasteiger partial charge is 0.396 e. The maximum absolute atomic E-state index is 9.32. The maximum Gasteiger partial charge on any atom is 0.163 e. The molecular weight excluding hydrogens is 320 g/mol. The summed E-state index contributed by atoms with van der Waals surface area (Å²) in [5.41, 5.74) is 6.77.